The number of carboxylic acid groups (broad SMARTS) is 1. The Kier molecular flexibility index (Phi) is 10.7. The zero-order chi connectivity index (χ0) is 12.9. The summed E-state index contributed by atoms with van der Waals surface area (Å²) >= 11 is 0. The van der Waals surface area contributed by atoms with Crippen molar-refractivity contribution in [2.24, 2.45) is 0 Å². The molecule has 0 aromatic carbocycles. The van der Waals surface area contributed by atoms with Crippen molar-refractivity contribution in [1.82, 2.24) is 0 Å². The van der Waals surface area contributed by atoms with E-state index < -0.39 is 0 Å². The number of rotatable bonds is 2. The Hall–Kier alpha value is -1.10. The summed E-state index contributed by atoms with van der Waals surface area (Å²) in [5.74, 6) is 0. The number of carbonyl (C=O) groups excluding carboxylic acids is 1. The molecule has 0 radical (unpaired) electrons. The van der Waals surface area contributed by atoms with E-state index in [-0.39, 0.29) is 18.7 Å². The van der Waals surface area contributed by atoms with Gasteiger partial charge in [0.25, 0.3) is 12.9 Å². The average Bonchev–Trinajstić information content (AvgIpc) is 2.94. The van der Waals surface area contributed by atoms with Crippen molar-refractivity contribution in [2.75, 3.05) is 0 Å². The highest BCUT2D eigenvalue weighted by atomic mass is 16.5. The van der Waals surface area contributed by atoms with Crippen LogP contribution >= 0.6 is 0 Å². The van der Waals surface area contributed by atoms with E-state index in [0.717, 1.165) is 25.7 Å². The minimum absolute atomic E-state index is 0.0463. The van der Waals surface area contributed by atoms with Crippen molar-refractivity contribution >= 4 is 12.9 Å². The predicted octanol–water partition coefficient (Wildman–Crippen LogP) is 1.72. The number of hydrogen-bond acceptors (Lipinski definition) is 4. The van der Waals surface area contributed by atoms with Crippen LogP contribution in [0.5, 0.6) is 0 Å². The SMILES string of the molecule is O=CO.O=COC1CCCC1.OC1CCCC1. The van der Waals surface area contributed by atoms with Crippen LogP contribution in [0.15, 0.2) is 0 Å². The Morgan fingerprint density at radius 3 is 1.65 bits per heavy atom. The first-order valence-corrected chi connectivity index (χ1v) is 6.09. The molecule has 0 saturated heterocycles. The van der Waals surface area contributed by atoms with Crippen LogP contribution in [0.1, 0.15) is 51.4 Å². The van der Waals surface area contributed by atoms with Gasteiger partial charge < -0.3 is 14.9 Å². The Morgan fingerprint density at radius 1 is 0.941 bits per heavy atom. The maximum Gasteiger partial charge on any atom is 0.293 e. The van der Waals surface area contributed by atoms with E-state index in [0.29, 0.717) is 6.47 Å². The van der Waals surface area contributed by atoms with Gasteiger partial charge in [-0.2, -0.15) is 0 Å². The molecular weight excluding hydrogens is 224 g/mol. The smallest absolute Gasteiger partial charge is 0.293 e. The van der Waals surface area contributed by atoms with Gasteiger partial charge in [0.2, 0.25) is 0 Å². The predicted molar refractivity (Wildman–Crippen MR) is 62.6 cm³/mol. The molecule has 0 aliphatic heterocycles. The van der Waals surface area contributed by atoms with Crippen molar-refractivity contribution < 1.29 is 24.5 Å². The van der Waals surface area contributed by atoms with E-state index in [2.05, 4.69) is 0 Å². The summed E-state index contributed by atoms with van der Waals surface area (Å²) in [6.45, 7) is 0.302. The van der Waals surface area contributed by atoms with Crippen LogP contribution in [0.3, 0.4) is 0 Å². The Balaban J connectivity index is 0.000000252. The lowest BCUT2D eigenvalue weighted by Crippen LogP contribution is -2.04. The van der Waals surface area contributed by atoms with E-state index in [1.807, 2.05) is 0 Å². The molecule has 0 aromatic heterocycles. The second-order valence-electron chi connectivity index (χ2n) is 4.18. The quantitative estimate of drug-likeness (QED) is 0.725. The molecule has 5 nitrogen and oxygen atoms in total. The van der Waals surface area contributed by atoms with Gasteiger partial charge >= 0.3 is 0 Å². The molecule has 100 valence electrons. The summed E-state index contributed by atoms with van der Waals surface area (Å²) in [7, 11) is 0. The van der Waals surface area contributed by atoms with E-state index in [4.69, 9.17) is 19.7 Å². The molecule has 0 amide bonds. The number of aliphatic hydroxyl groups excluding tert-OH is 1. The first-order valence-electron chi connectivity index (χ1n) is 6.09. The molecule has 2 aliphatic rings. The number of ether oxygens (including phenoxy) is 1. The Morgan fingerprint density at radius 2 is 1.35 bits per heavy atom. The van der Waals surface area contributed by atoms with Crippen molar-refractivity contribution in [3.63, 3.8) is 0 Å². The molecule has 2 N–H and O–H groups in total. The highest BCUT2D eigenvalue weighted by molar-refractivity contribution is 5.37. The molecule has 2 aliphatic carbocycles. The largest absolute Gasteiger partial charge is 0.483 e. The van der Waals surface area contributed by atoms with Crippen LogP contribution < -0.4 is 0 Å². The molecule has 2 rings (SSSR count). The van der Waals surface area contributed by atoms with E-state index in [1.165, 1.54) is 25.7 Å². The fraction of sp³-hybridized carbons (Fsp3) is 0.833. The zero-order valence-electron chi connectivity index (χ0n) is 10.1. The van der Waals surface area contributed by atoms with Crippen molar-refractivity contribution in [1.29, 1.82) is 0 Å². The fourth-order valence-electron chi connectivity index (χ4n) is 2.01. The first kappa shape index (κ1) is 15.9. The summed E-state index contributed by atoms with van der Waals surface area (Å²) in [5.41, 5.74) is 0. The van der Waals surface area contributed by atoms with Gasteiger partial charge in [0.1, 0.15) is 6.10 Å². The second-order valence-corrected chi connectivity index (χ2v) is 4.18. The van der Waals surface area contributed by atoms with E-state index >= 15 is 0 Å². The molecule has 0 heterocycles. The summed E-state index contributed by atoms with van der Waals surface area (Å²) < 4.78 is 4.72. The maximum atomic E-state index is 9.74. The third kappa shape index (κ3) is 9.81. The van der Waals surface area contributed by atoms with Gasteiger partial charge in [0.15, 0.2) is 0 Å². The molecule has 2 saturated carbocycles. The van der Waals surface area contributed by atoms with Crippen LogP contribution in [-0.2, 0) is 14.3 Å². The number of aliphatic hydroxyl groups is 1. The van der Waals surface area contributed by atoms with Crippen molar-refractivity contribution in [3.8, 4) is 0 Å². The number of carbonyl (C=O) groups is 2. The van der Waals surface area contributed by atoms with Gasteiger partial charge in [-0.05, 0) is 38.5 Å². The minimum atomic E-state index is -0.250. The lowest BCUT2D eigenvalue weighted by atomic mass is 10.3. The Labute approximate surface area is 102 Å². The second kappa shape index (κ2) is 11.4. The van der Waals surface area contributed by atoms with Crippen molar-refractivity contribution in [2.45, 2.75) is 63.6 Å². The van der Waals surface area contributed by atoms with Crippen LogP contribution in [0, 0.1) is 0 Å². The van der Waals surface area contributed by atoms with Gasteiger partial charge in [-0.3, -0.25) is 9.59 Å². The molecule has 0 bridgehead atoms. The molecule has 17 heavy (non-hydrogen) atoms. The summed E-state index contributed by atoms with van der Waals surface area (Å²) in [5, 5.41) is 15.6. The van der Waals surface area contributed by atoms with E-state index in [1.54, 1.807) is 0 Å². The molecule has 0 atom stereocenters. The van der Waals surface area contributed by atoms with Gasteiger partial charge in [-0.25, -0.2) is 0 Å². The first-order chi connectivity index (χ1) is 8.24. The minimum Gasteiger partial charge on any atom is -0.483 e. The zero-order valence-corrected chi connectivity index (χ0v) is 10.1. The summed E-state index contributed by atoms with van der Waals surface area (Å²) in [4.78, 5) is 18.1. The molecule has 2 fully saturated rings. The average molecular weight is 246 g/mol. The highest BCUT2D eigenvalue weighted by Crippen LogP contribution is 2.19. The summed E-state index contributed by atoms with van der Waals surface area (Å²) in [6, 6.07) is 0. The molecule has 0 aromatic rings. The monoisotopic (exact) mass is 246 g/mol. The summed E-state index contributed by atoms with van der Waals surface area (Å²) in [6.07, 6.45) is 9.43. The highest BCUT2D eigenvalue weighted by Gasteiger charge is 2.14. The lowest BCUT2D eigenvalue weighted by Gasteiger charge is -2.03. The molecule has 0 spiro atoms. The molecule has 0 unspecified atom stereocenters. The van der Waals surface area contributed by atoms with Crippen LogP contribution in [0.4, 0.5) is 0 Å². The molecule has 5 heteroatoms. The fourth-order valence-corrected chi connectivity index (χ4v) is 2.01. The van der Waals surface area contributed by atoms with E-state index in [9.17, 15) is 4.79 Å². The van der Waals surface area contributed by atoms with Gasteiger partial charge in [0, 0.05) is 0 Å². The Bertz CT molecular complexity index is 183. The van der Waals surface area contributed by atoms with Gasteiger partial charge in [-0.15, -0.1) is 0 Å². The molecular formula is C12H22O5. The van der Waals surface area contributed by atoms with Gasteiger partial charge in [-0.1, -0.05) is 12.8 Å². The van der Waals surface area contributed by atoms with Crippen LogP contribution in [0.2, 0.25) is 0 Å². The number of hydrogen-bond donors (Lipinski definition) is 2. The third-order valence-corrected chi connectivity index (χ3v) is 2.87. The standard InChI is InChI=1S/C6H10O2.C5H10O.CH2O2/c7-5-8-6-3-1-2-4-6;6-5-3-1-2-4-5;2-1-3/h5-6H,1-4H2;5-6H,1-4H2;1H,(H,2,3). The topological polar surface area (TPSA) is 83.8 Å². The van der Waals surface area contributed by atoms with Gasteiger partial charge in [0.05, 0.1) is 6.10 Å². The normalized spacial score (nSPS) is 19.6. The van der Waals surface area contributed by atoms with Crippen LogP contribution in [-0.4, -0.2) is 35.4 Å². The van der Waals surface area contributed by atoms with Crippen LogP contribution in [0.25, 0.3) is 0 Å². The maximum absolute atomic E-state index is 9.74. The lowest BCUT2D eigenvalue weighted by molar-refractivity contribution is -0.133. The van der Waals surface area contributed by atoms with Crippen molar-refractivity contribution in [3.05, 3.63) is 0 Å². The third-order valence-electron chi connectivity index (χ3n) is 2.87.